The van der Waals surface area contributed by atoms with Crippen molar-refractivity contribution < 1.29 is 9.53 Å². The van der Waals surface area contributed by atoms with Crippen LogP contribution in [0.3, 0.4) is 0 Å². The Morgan fingerprint density at radius 3 is 2.75 bits per heavy atom. The molecule has 1 amide bonds. The molecule has 0 aliphatic heterocycles. The van der Waals surface area contributed by atoms with E-state index in [1.165, 1.54) is 0 Å². The van der Waals surface area contributed by atoms with Crippen molar-refractivity contribution >= 4 is 28.1 Å². The average Bonchev–Trinajstić information content (AvgIpc) is 3.35. The number of carbonyl (C=O) groups excluding carboxylic acids is 1. The Labute approximate surface area is 194 Å². The Balaban J connectivity index is 1.56. The fourth-order valence-corrected chi connectivity index (χ4v) is 4.00. The van der Waals surface area contributed by atoms with Crippen LogP contribution in [0.2, 0.25) is 0 Å². The first-order valence-corrected chi connectivity index (χ1v) is 11.7. The minimum Gasteiger partial charge on any atom is -0.496 e. The van der Waals surface area contributed by atoms with E-state index in [-0.39, 0.29) is 11.3 Å². The number of amides is 1. The maximum atomic E-state index is 12.0. The van der Waals surface area contributed by atoms with Crippen LogP contribution >= 0.6 is 11.3 Å². The van der Waals surface area contributed by atoms with Gasteiger partial charge in [0.15, 0.2) is 5.13 Å². The molecule has 8 heteroatoms. The van der Waals surface area contributed by atoms with Crippen LogP contribution in [0.15, 0.2) is 29.8 Å². The minimum absolute atomic E-state index is 0.0912. The van der Waals surface area contributed by atoms with E-state index < -0.39 is 0 Å². The molecule has 0 unspecified atom stereocenters. The molecule has 0 fully saturated rings. The summed E-state index contributed by atoms with van der Waals surface area (Å²) < 4.78 is 5.57. The molecule has 0 aliphatic carbocycles. The molecule has 1 atom stereocenters. The van der Waals surface area contributed by atoms with E-state index in [1.807, 2.05) is 45.9 Å². The van der Waals surface area contributed by atoms with Crippen LogP contribution in [0.4, 0.5) is 10.8 Å². The van der Waals surface area contributed by atoms with Gasteiger partial charge in [0.2, 0.25) is 5.91 Å². The van der Waals surface area contributed by atoms with E-state index in [1.54, 1.807) is 24.6 Å². The van der Waals surface area contributed by atoms with Crippen LogP contribution in [0.5, 0.6) is 5.75 Å². The molecule has 32 heavy (non-hydrogen) atoms. The first-order valence-electron chi connectivity index (χ1n) is 10.9. The molecule has 0 radical (unpaired) electrons. The normalized spacial score (nSPS) is 12.4. The Hall–Kier alpha value is -2.87. The van der Waals surface area contributed by atoms with E-state index in [0.717, 1.165) is 52.2 Å². The van der Waals surface area contributed by atoms with Crippen molar-refractivity contribution in [1.82, 2.24) is 20.3 Å². The number of anilines is 2. The molecular formula is C24H33N5O2S. The largest absolute Gasteiger partial charge is 0.496 e. The number of nitrogens with one attached hydrogen (secondary N) is 3. The summed E-state index contributed by atoms with van der Waals surface area (Å²) in [6.07, 6.45) is 3.61. The number of aromatic nitrogens is 3. The van der Waals surface area contributed by atoms with Gasteiger partial charge < -0.3 is 20.4 Å². The summed E-state index contributed by atoms with van der Waals surface area (Å²) in [7, 11) is 1.66. The molecule has 0 bridgehead atoms. The second-order valence-electron chi connectivity index (χ2n) is 9.20. The van der Waals surface area contributed by atoms with Gasteiger partial charge in [0.05, 0.1) is 18.4 Å². The molecule has 3 rings (SSSR count). The van der Waals surface area contributed by atoms with E-state index in [0.29, 0.717) is 12.5 Å². The SMILES string of the molecule is COc1cc(Nc2nc(C[C@@H](C)CCNC(=O)C(C)(C)C)cs2)ccc1-c1ncc(C)[nH]1. The van der Waals surface area contributed by atoms with Gasteiger partial charge in [0, 0.05) is 41.0 Å². The van der Waals surface area contributed by atoms with Gasteiger partial charge in [0.1, 0.15) is 11.6 Å². The molecule has 172 valence electrons. The number of rotatable bonds is 9. The number of carbonyl (C=O) groups is 1. The van der Waals surface area contributed by atoms with Crippen molar-refractivity contribution in [1.29, 1.82) is 0 Å². The molecule has 0 saturated carbocycles. The monoisotopic (exact) mass is 455 g/mol. The van der Waals surface area contributed by atoms with Gasteiger partial charge in [-0.2, -0.15) is 0 Å². The van der Waals surface area contributed by atoms with Crippen molar-refractivity contribution in [3.63, 3.8) is 0 Å². The molecule has 7 nitrogen and oxygen atoms in total. The number of benzene rings is 1. The van der Waals surface area contributed by atoms with Crippen molar-refractivity contribution in [3.05, 3.63) is 41.2 Å². The quantitative estimate of drug-likeness (QED) is 0.406. The summed E-state index contributed by atoms with van der Waals surface area (Å²) in [5.74, 6) is 2.05. The van der Waals surface area contributed by atoms with Crippen LogP contribution in [-0.4, -0.2) is 34.5 Å². The predicted molar refractivity (Wildman–Crippen MR) is 131 cm³/mol. The van der Waals surface area contributed by atoms with Gasteiger partial charge in [-0.15, -0.1) is 11.3 Å². The number of ether oxygens (including phenoxy) is 1. The van der Waals surface area contributed by atoms with Crippen molar-refractivity contribution in [2.75, 3.05) is 19.0 Å². The summed E-state index contributed by atoms with van der Waals surface area (Å²) in [6.45, 7) is 10.6. The highest BCUT2D eigenvalue weighted by Crippen LogP contribution is 2.32. The number of methoxy groups -OCH3 is 1. The van der Waals surface area contributed by atoms with Gasteiger partial charge in [-0.05, 0) is 37.8 Å². The average molecular weight is 456 g/mol. The maximum Gasteiger partial charge on any atom is 0.225 e. The molecular weight excluding hydrogens is 422 g/mol. The summed E-state index contributed by atoms with van der Waals surface area (Å²) >= 11 is 1.58. The third-order valence-electron chi connectivity index (χ3n) is 5.12. The third kappa shape index (κ3) is 6.32. The fourth-order valence-electron chi connectivity index (χ4n) is 3.25. The lowest BCUT2D eigenvalue weighted by Gasteiger charge is -2.18. The number of aryl methyl sites for hydroxylation is 1. The lowest BCUT2D eigenvalue weighted by atomic mass is 9.95. The first kappa shape index (κ1) is 23.8. The first-order chi connectivity index (χ1) is 15.2. The number of hydrogen-bond acceptors (Lipinski definition) is 6. The van der Waals surface area contributed by atoms with Crippen molar-refractivity contribution in [2.24, 2.45) is 11.3 Å². The van der Waals surface area contributed by atoms with Crippen molar-refractivity contribution in [2.45, 2.75) is 47.5 Å². The zero-order chi connectivity index (χ0) is 23.3. The second kappa shape index (κ2) is 10.2. The van der Waals surface area contributed by atoms with E-state index >= 15 is 0 Å². The Bertz CT molecular complexity index is 1050. The summed E-state index contributed by atoms with van der Waals surface area (Å²) in [5.41, 5.74) is 3.54. The Morgan fingerprint density at radius 1 is 1.31 bits per heavy atom. The van der Waals surface area contributed by atoms with Gasteiger partial charge >= 0.3 is 0 Å². The lowest BCUT2D eigenvalue weighted by Crippen LogP contribution is -2.35. The molecule has 0 saturated heterocycles. The predicted octanol–water partition coefficient (Wildman–Crippen LogP) is 5.32. The molecule has 2 aromatic heterocycles. The number of aromatic amines is 1. The second-order valence-corrected chi connectivity index (χ2v) is 10.1. The number of H-pyrrole nitrogens is 1. The minimum atomic E-state index is -0.351. The molecule has 3 aromatic rings. The molecule has 0 spiro atoms. The highest BCUT2D eigenvalue weighted by atomic mass is 32.1. The molecule has 0 aliphatic rings. The van der Waals surface area contributed by atoms with E-state index in [2.05, 4.69) is 32.9 Å². The van der Waals surface area contributed by atoms with E-state index in [4.69, 9.17) is 9.72 Å². The van der Waals surface area contributed by atoms with Crippen molar-refractivity contribution in [3.8, 4) is 17.1 Å². The highest BCUT2D eigenvalue weighted by Gasteiger charge is 2.20. The van der Waals surface area contributed by atoms with Crippen LogP contribution in [-0.2, 0) is 11.2 Å². The zero-order valence-corrected chi connectivity index (χ0v) is 20.5. The zero-order valence-electron chi connectivity index (χ0n) is 19.7. The fraction of sp³-hybridized carbons (Fsp3) is 0.458. The Kier molecular flexibility index (Phi) is 7.56. The maximum absolute atomic E-state index is 12.0. The third-order valence-corrected chi connectivity index (χ3v) is 5.93. The van der Waals surface area contributed by atoms with Crippen LogP contribution < -0.4 is 15.4 Å². The lowest BCUT2D eigenvalue weighted by molar-refractivity contribution is -0.128. The standard InChI is InChI=1S/C24H33N5O2S/c1-15(9-10-25-22(30)24(3,4)5)11-18-14-32-23(29-18)28-17-7-8-19(20(12-17)31-6)21-26-13-16(2)27-21/h7-8,12-15H,9-11H2,1-6H3,(H,25,30)(H,26,27)(H,28,29)/t15-/m0/s1. The number of imidazole rings is 1. The van der Waals surface area contributed by atoms with Gasteiger partial charge in [0.25, 0.3) is 0 Å². The van der Waals surface area contributed by atoms with Gasteiger partial charge in [-0.3, -0.25) is 4.79 Å². The highest BCUT2D eigenvalue weighted by molar-refractivity contribution is 7.13. The smallest absolute Gasteiger partial charge is 0.225 e. The topological polar surface area (TPSA) is 91.9 Å². The summed E-state index contributed by atoms with van der Waals surface area (Å²) in [4.78, 5) is 24.3. The number of nitrogens with zero attached hydrogens (tertiary/aromatic N) is 2. The number of thiazole rings is 1. The Morgan fingerprint density at radius 2 is 2.09 bits per heavy atom. The van der Waals surface area contributed by atoms with Gasteiger partial charge in [-0.1, -0.05) is 27.7 Å². The van der Waals surface area contributed by atoms with Crippen LogP contribution in [0, 0.1) is 18.3 Å². The van der Waals surface area contributed by atoms with Gasteiger partial charge in [-0.25, -0.2) is 9.97 Å². The molecule has 2 heterocycles. The van der Waals surface area contributed by atoms with E-state index in [9.17, 15) is 4.79 Å². The van der Waals surface area contributed by atoms with Crippen LogP contribution in [0.25, 0.3) is 11.4 Å². The van der Waals surface area contributed by atoms with Crippen LogP contribution in [0.1, 0.15) is 45.5 Å². The molecule has 3 N–H and O–H groups in total. The number of hydrogen-bond donors (Lipinski definition) is 3. The summed E-state index contributed by atoms with van der Waals surface area (Å²) in [6, 6.07) is 5.94. The molecule has 1 aromatic carbocycles. The summed E-state index contributed by atoms with van der Waals surface area (Å²) in [5, 5.41) is 9.32.